The van der Waals surface area contributed by atoms with E-state index in [-0.39, 0.29) is 18.0 Å². The van der Waals surface area contributed by atoms with Gasteiger partial charge in [-0.05, 0) is 43.2 Å². The van der Waals surface area contributed by atoms with Crippen LogP contribution in [0.4, 0.5) is 22.1 Å². The number of hydrogen-bond donors (Lipinski definition) is 4. The molecule has 0 saturated carbocycles. The summed E-state index contributed by atoms with van der Waals surface area (Å²) in [6.45, 7) is 7.38. The highest BCUT2D eigenvalue weighted by atomic mass is 16.5. The summed E-state index contributed by atoms with van der Waals surface area (Å²) in [5.41, 5.74) is 2.07. The molecule has 4 rings (SSSR count). The van der Waals surface area contributed by atoms with Gasteiger partial charge in [0, 0.05) is 56.7 Å². The van der Waals surface area contributed by atoms with E-state index in [1.165, 1.54) is 12.3 Å². The summed E-state index contributed by atoms with van der Waals surface area (Å²) in [4.78, 5) is 37.1. The highest BCUT2D eigenvalue weighted by molar-refractivity contribution is 5.92. The van der Waals surface area contributed by atoms with Gasteiger partial charge >= 0.3 is 6.03 Å². The van der Waals surface area contributed by atoms with Crippen molar-refractivity contribution in [2.24, 2.45) is 0 Å². The minimum atomic E-state index is -0.295. The van der Waals surface area contributed by atoms with Crippen molar-refractivity contribution in [1.82, 2.24) is 20.2 Å². The molecule has 2 aliphatic rings. The number of nitrogens with one attached hydrogen (secondary N) is 4. The molecule has 0 radical (unpaired) electrons. The molecule has 3 amide bonds. The van der Waals surface area contributed by atoms with Crippen LogP contribution in [0.1, 0.15) is 18.4 Å². The Morgan fingerprint density at radius 2 is 1.81 bits per heavy atom. The lowest BCUT2D eigenvalue weighted by atomic mass is 10.0. The van der Waals surface area contributed by atoms with Crippen molar-refractivity contribution in [2.45, 2.75) is 18.9 Å². The summed E-state index contributed by atoms with van der Waals surface area (Å²) >= 11 is 0. The first-order valence-corrected chi connectivity index (χ1v) is 12.0. The summed E-state index contributed by atoms with van der Waals surface area (Å²) in [6, 6.07) is 7.13. The Balaban J connectivity index is 1.64. The fourth-order valence-electron chi connectivity index (χ4n) is 4.31. The van der Waals surface area contributed by atoms with Crippen LogP contribution in [-0.4, -0.2) is 85.5 Å². The van der Waals surface area contributed by atoms with Crippen molar-refractivity contribution < 1.29 is 14.3 Å². The van der Waals surface area contributed by atoms with Crippen LogP contribution in [0.2, 0.25) is 0 Å². The second-order valence-electron chi connectivity index (χ2n) is 8.61. The molecule has 2 aliphatic heterocycles. The summed E-state index contributed by atoms with van der Waals surface area (Å²) < 4.78 is 5.52. The molecule has 2 saturated heterocycles. The van der Waals surface area contributed by atoms with Crippen LogP contribution >= 0.6 is 0 Å². The number of anilines is 3. The summed E-state index contributed by atoms with van der Waals surface area (Å²) in [7, 11) is 1.56. The van der Waals surface area contributed by atoms with Crippen molar-refractivity contribution in [2.75, 3.05) is 62.0 Å². The first-order valence-electron chi connectivity index (χ1n) is 12.0. The number of piperidine rings is 1. The molecule has 2 fully saturated rings. The lowest BCUT2D eigenvalue weighted by Crippen LogP contribution is -2.42. The molecule has 1 aromatic carbocycles. The van der Waals surface area contributed by atoms with Gasteiger partial charge in [-0.2, -0.15) is 0 Å². The Hall–Kier alpha value is -3.99. The zero-order valence-corrected chi connectivity index (χ0v) is 20.4. The molecule has 190 valence electrons. The van der Waals surface area contributed by atoms with E-state index in [1.54, 1.807) is 24.1 Å². The molecule has 2 aromatic rings. The van der Waals surface area contributed by atoms with E-state index in [1.807, 2.05) is 12.1 Å². The van der Waals surface area contributed by atoms with Crippen LogP contribution in [0.25, 0.3) is 11.4 Å². The van der Waals surface area contributed by atoms with Gasteiger partial charge in [0.15, 0.2) is 5.82 Å². The highest BCUT2D eigenvalue weighted by Crippen LogP contribution is 2.30. The number of amides is 3. The average Bonchev–Trinajstić information content (AvgIpc) is 2.93. The Kier molecular flexibility index (Phi) is 8.11. The minimum Gasteiger partial charge on any atom is -0.378 e. The van der Waals surface area contributed by atoms with Crippen LogP contribution in [0.15, 0.2) is 36.9 Å². The largest absolute Gasteiger partial charge is 0.378 e. The third kappa shape index (κ3) is 5.80. The van der Waals surface area contributed by atoms with Gasteiger partial charge in [0.2, 0.25) is 5.91 Å². The monoisotopic (exact) mass is 492 g/mol. The first kappa shape index (κ1) is 25.1. The van der Waals surface area contributed by atoms with E-state index in [9.17, 15) is 9.59 Å². The number of urea groups is 1. The molecule has 0 spiro atoms. The number of carbonyl (C=O) groups excluding carboxylic acids is 2. The molecule has 1 aromatic heterocycles. The van der Waals surface area contributed by atoms with Crippen molar-refractivity contribution in [1.29, 1.82) is 5.41 Å². The summed E-state index contributed by atoms with van der Waals surface area (Å²) in [6.07, 6.45) is 4.18. The SMILES string of the molecule is C=CC(=O)N1CCC(Nc2nc(-c3ccc(NC(=O)NC)cc3)nc(N3CCOCC3)c2C=N)CC1. The highest BCUT2D eigenvalue weighted by Gasteiger charge is 2.25. The molecular formula is C25H32N8O3. The van der Waals surface area contributed by atoms with Crippen molar-refractivity contribution in [3.05, 3.63) is 42.5 Å². The Morgan fingerprint density at radius 1 is 1.11 bits per heavy atom. The predicted octanol–water partition coefficient (Wildman–Crippen LogP) is 2.32. The average molecular weight is 493 g/mol. The van der Waals surface area contributed by atoms with E-state index in [0.29, 0.717) is 68.1 Å². The fraction of sp³-hybridized carbons (Fsp3) is 0.400. The zero-order chi connectivity index (χ0) is 25.5. The van der Waals surface area contributed by atoms with Crippen LogP contribution in [0, 0.1) is 5.41 Å². The molecule has 11 heteroatoms. The number of nitrogens with zero attached hydrogens (tertiary/aromatic N) is 4. The van der Waals surface area contributed by atoms with E-state index in [0.717, 1.165) is 18.4 Å². The number of aromatic nitrogens is 2. The standard InChI is InChI=1S/C25H32N8O3/c1-3-21(34)32-10-8-19(9-11-32)28-23-20(16-26)24(33-12-14-36-15-13-33)31-22(30-23)17-4-6-18(7-5-17)29-25(35)27-2/h3-7,16,19,26H,1,8-15H2,2H3,(H2,27,29,35)(H,28,30,31). The molecule has 11 nitrogen and oxygen atoms in total. The van der Waals surface area contributed by atoms with Crippen LogP contribution in [-0.2, 0) is 9.53 Å². The normalized spacial score (nSPS) is 16.2. The Bertz CT molecular complexity index is 1110. The van der Waals surface area contributed by atoms with E-state index >= 15 is 0 Å². The fourth-order valence-corrected chi connectivity index (χ4v) is 4.31. The van der Waals surface area contributed by atoms with E-state index in [2.05, 4.69) is 27.4 Å². The second kappa shape index (κ2) is 11.6. The topological polar surface area (TPSA) is 136 Å². The molecule has 3 heterocycles. The van der Waals surface area contributed by atoms with Gasteiger partial charge < -0.3 is 35.9 Å². The number of benzene rings is 1. The second-order valence-corrected chi connectivity index (χ2v) is 8.61. The lowest BCUT2D eigenvalue weighted by molar-refractivity contribution is -0.126. The molecule has 0 atom stereocenters. The van der Waals surface area contributed by atoms with E-state index in [4.69, 9.17) is 20.1 Å². The maximum absolute atomic E-state index is 11.9. The van der Waals surface area contributed by atoms with Gasteiger partial charge in [-0.3, -0.25) is 4.79 Å². The molecule has 4 N–H and O–H groups in total. The smallest absolute Gasteiger partial charge is 0.318 e. The quantitative estimate of drug-likeness (QED) is 0.344. The molecule has 0 unspecified atom stereocenters. The van der Waals surface area contributed by atoms with Gasteiger partial charge in [0.05, 0.1) is 18.8 Å². The summed E-state index contributed by atoms with van der Waals surface area (Å²) in [5, 5.41) is 16.9. The minimum absolute atomic E-state index is 0.0538. The molecular weight excluding hydrogens is 460 g/mol. The third-order valence-electron chi connectivity index (χ3n) is 6.33. The third-order valence-corrected chi connectivity index (χ3v) is 6.33. The maximum atomic E-state index is 11.9. The Labute approximate surface area is 210 Å². The van der Waals surface area contributed by atoms with Crippen molar-refractivity contribution in [3.8, 4) is 11.4 Å². The van der Waals surface area contributed by atoms with Crippen LogP contribution in [0.3, 0.4) is 0 Å². The number of ether oxygens (including phenoxy) is 1. The number of likely N-dealkylation sites (tertiary alicyclic amines) is 1. The predicted molar refractivity (Wildman–Crippen MR) is 140 cm³/mol. The number of rotatable bonds is 7. The summed E-state index contributed by atoms with van der Waals surface area (Å²) in [5.74, 6) is 1.75. The van der Waals surface area contributed by atoms with E-state index < -0.39 is 0 Å². The Morgan fingerprint density at radius 3 is 2.42 bits per heavy atom. The first-order chi connectivity index (χ1) is 17.5. The number of hydrogen-bond acceptors (Lipinski definition) is 8. The number of carbonyl (C=O) groups is 2. The lowest BCUT2D eigenvalue weighted by Gasteiger charge is -2.33. The van der Waals surface area contributed by atoms with Gasteiger partial charge in [-0.1, -0.05) is 6.58 Å². The molecule has 0 aliphatic carbocycles. The van der Waals surface area contributed by atoms with Gasteiger partial charge in [0.25, 0.3) is 0 Å². The van der Waals surface area contributed by atoms with Gasteiger partial charge in [-0.15, -0.1) is 0 Å². The van der Waals surface area contributed by atoms with Gasteiger partial charge in [0.1, 0.15) is 11.6 Å². The molecule has 0 bridgehead atoms. The van der Waals surface area contributed by atoms with Crippen LogP contribution in [0.5, 0.6) is 0 Å². The van der Waals surface area contributed by atoms with Crippen LogP contribution < -0.4 is 20.9 Å². The number of morpholine rings is 1. The van der Waals surface area contributed by atoms with Gasteiger partial charge in [-0.25, -0.2) is 14.8 Å². The maximum Gasteiger partial charge on any atom is 0.318 e. The van der Waals surface area contributed by atoms with Crippen molar-refractivity contribution >= 4 is 35.5 Å². The molecule has 36 heavy (non-hydrogen) atoms. The van der Waals surface area contributed by atoms with Crippen molar-refractivity contribution in [3.63, 3.8) is 0 Å². The zero-order valence-electron chi connectivity index (χ0n) is 20.4.